The number of carboxylic acids is 1. The lowest BCUT2D eigenvalue weighted by atomic mass is 10.1. The van der Waals surface area contributed by atoms with E-state index >= 15 is 0 Å². The van der Waals surface area contributed by atoms with Gasteiger partial charge >= 0.3 is 5.97 Å². The molecule has 118 valence electrons. The summed E-state index contributed by atoms with van der Waals surface area (Å²) in [7, 11) is 1.58. The Kier molecular flexibility index (Phi) is 4.00. The lowest BCUT2D eigenvalue weighted by Crippen LogP contribution is -1.96. The smallest absolute Gasteiger partial charge is 0.339 e. The first-order valence-electron chi connectivity index (χ1n) is 7.10. The molecule has 1 N–H and O–H groups in total. The Morgan fingerprint density at radius 1 is 1.17 bits per heavy atom. The van der Waals surface area contributed by atoms with Crippen molar-refractivity contribution in [1.29, 1.82) is 5.26 Å². The maximum Gasteiger partial charge on any atom is 0.339 e. The summed E-state index contributed by atoms with van der Waals surface area (Å²) < 4.78 is 6.62. The van der Waals surface area contributed by atoms with Crippen LogP contribution in [-0.2, 0) is 0 Å². The summed E-state index contributed by atoms with van der Waals surface area (Å²) in [4.78, 5) is 11.5. The Morgan fingerprint density at radius 3 is 2.38 bits per heavy atom. The van der Waals surface area contributed by atoms with E-state index in [2.05, 4.69) is 5.10 Å². The van der Waals surface area contributed by atoms with E-state index in [-0.39, 0.29) is 5.56 Å². The van der Waals surface area contributed by atoms with Crippen LogP contribution in [0.5, 0.6) is 5.75 Å². The summed E-state index contributed by atoms with van der Waals surface area (Å²) in [5.41, 5.74) is 2.31. The second kappa shape index (κ2) is 6.26. The van der Waals surface area contributed by atoms with Crippen molar-refractivity contribution in [3.8, 4) is 28.8 Å². The lowest BCUT2D eigenvalue weighted by Gasteiger charge is -2.03. The summed E-state index contributed by atoms with van der Waals surface area (Å²) in [6.45, 7) is 0. The summed E-state index contributed by atoms with van der Waals surface area (Å²) in [6.07, 6.45) is 1.47. The highest BCUT2D eigenvalue weighted by Crippen LogP contribution is 2.25. The Morgan fingerprint density at radius 2 is 1.83 bits per heavy atom. The molecule has 6 nitrogen and oxygen atoms in total. The van der Waals surface area contributed by atoms with Gasteiger partial charge in [-0.2, -0.15) is 10.4 Å². The molecule has 0 radical (unpaired) electrons. The number of ether oxygens (including phenoxy) is 1. The molecule has 24 heavy (non-hydrogen) atoms. The van der Waals surface area contributed by atoms with E-state index in [0.717, 1.165) is 5.69 Å². The van der Waals surface area contributed by atoms with Crippen molar-refractivity contribution in [2.45, 2.75) is 0 Å². The molecule has 0 amide bonds. The second-order valence-corrected chi connectivity index (χ2v) is 5.03. The number of hydrogen-bond donors (Lipinski definition) is 1. The first-order chi connectivity index (χ1) is 11.6. The van der Waals surface area contributed by atoms with Crippen molar-refractivity contribution < 1.29 is 14.6 Å². The van der Waals surface area contributed by atoms with Crippen molar-refractivity contribution in [1.82, 2.24) is 9.78 Å². The standard InChI is InChI=1S/C18H13N3O3/c1-24-15-8-6-14(7-9-15)21-11-16(18(22)23)17(20-21)13-4-2-12(10-19)3-5-13/h2-9,11H,1H3,(H,22,23). The van der Waals surface area contributed by atoms with Gasteiger partial charge in [-0.1, -0.05) is 12.1 Å². The van der Waals surface area contributed by atoms with Gasteiger partial charge in [0.25, 0.3) is 0 Å². The predicted octanol–water partition coefficient (Wildman–Crippen LogP) is 3.12. The number of benzene rings is 2. The summed E-state index contributed by atoms with van der Waals surface area (Å²) in [5.74, 6) is -0.356. The summed E-state index contributed by atoms with van der Waals surface area (Å²) in [5, 5.41) is 22.7. The van der Waals surface area contributed by atoms with Crippen molar-refractivity contribution in [2.75, 3.05) is 7.11 Å². The third-order valence-corrected chi connectivity index (χ3v) is 3.57. The molecule has 0 aliphatic heterocycles. The van der Waals surface area contributed by atoms with Crippen LogP contribution in [0.3, 0.4) is 0 Å². The fourth-order valence-corrected chi connectivity index (χ4v) is 2.31. The van der Waals surface area contributed by atoms with E-state index in [4.69, 9.17) is 10.00 Å². The molecule has 0 bridgehead atoms. The molecule has 0 spiro atoms. The summed E-state index contributed by atoms with van der Waals surface area (Å²) in [6, 6.07) is 15.8. The van der Waals surface area contributed by atoms with Gasteiger partial charge in [-0.3, -0.25) is 0 Å². The van der Waals surface area contributed by atoms with Crippen LogP contribution in [0.15, 0.2) is 54.7 Å². The van der Waals surface area contributed by atoms with Gasteiger partial charge in [0.2, 0.25) is 0 Å². The van der Waals surface area contributed by atoms with Gasteiger partial charge in [-0.25, -0.2) is 9.48 Å². The van der Waals surface area contributed by atoms with Crippen LogP contribution in [0.1, 0.15) is 15.9 Å². The van der Waals surface area contributed by atoms with Gasteiger partial charge in [-0.15, -0.1) is 0 Å². The molecule has 3 rings (SSSR count). The van der Waals surface area contributed by atoms with Gasteiger partial charge in [0.15, 0.2) is 0 Å². The van der Waals surface area contributed by atoms with Crippen LogP contribution >= 0.6 is 0 Å². The molecule has 0 aliphatic carbocycles. The minimum Gasteiger partial charge on any atom is -0.497 e. The highest BCUT2D eigenvalue weighted by Gasteiger charge is 2.17. The van der Waals surface area contributed by atoms with Crippen molar-refractivity contribution >= 4 is 5.97 Å². The third kappa shape index (κ3) is 2.83. The molecule has 0 saturated carbocycles. The highest BCUT2D eigenvalue weighted by atomic mass is 16.5. The molecule has 0 atom stereocenters. The number of nitriles is 1. The van der Waals surface area contributed by atoms with Crippen LogP contribution in [-0.4, -0.2) is 28.0 Å². The minimum atomic E-state index is -1.06. The Hall–Kier alpha value is -3.59. The van der Waals surface area contributed by atoms with Crippen molar-refractivity contribution in [3.05, 3.63) is 65.9 Å². The zero-order valence-electron chi connectivity index (χ0n) is 12.8. The maximum absolute atomic E-state index is 11.5. The van der Waals surface area contributed by atoms with Gasteiger partial charge in [0.1, 0.15) is 17.0 Å². The van der Waals surface area contributed by atoms with E-state index in [1.54, 1.807) is 55.6 Å². The molecular weight excluding hydrogens is 306 g/mol. The number of aromatic carboxylic acids is 1. The van der Waals surface area contributed by atoms with E-state index in [1.807, 2.05) is 6.07 Å². The zero-order valence-corrected chi connectivity index (χ0v) is 12.8. The molecule has 0 aliphatic rings. The Labute approximate surface area is 138 Å². The lowest BCUT2D eigenvalue weighted by molar-refractivity contribution is 0.0697. The van der Waals surface area contributed by atoms with Crippen LogP contribution in [0.4, 0.5) is 0 Å². The summed E-state index contributed by atoms with van der Waals surface area (Å²) >= 11 is 0. The molecule has 0 fully saturated rings. The Bertz CT molecular complexity index is 920. The van der Waals surface area contributed by atoms with Gasteiger partial charge in [0.05, 0.1) is 24.4 Å². The van der Waals surface area contributed by atoms with Crippen molar-refractivity contribution in [2.24, 2.45) is 0 Å². The van der Waals surface area contributed by atoms with Gasteiger partial charge in [0, 0.05) is 11.8 Å². The van der Waals surface area contributed by atoms with E-state index in [9.17, 15) is 9.90 Å². The zero-order chi connectivity index (χ0) is 17.1. The van der Waals surface area contributed by atoms with Gasteiger partial charge < -0.3 is 9.84 Å². The Balaban J connectivity index is 2.07. The molecule has 1 heterocycles. The third-order valence-electron chi connectivity index (χ3n) is 3.57. The van der Waals surface area contributed by atoms with Crippen LogP contribution < -0.4 is 4.74 Å². The quantitative estimate of drug-likeness (QED) is 0.798. The first kappa shape index (κ1) is 15.3. The predicted molar refractivity (Wildman–Crippen MR) is 87.2 cm³/mol. The number of aromatic nitrogens is 2. The number of carboxylic acid groups (broad SMARTS) is 1. The fourth-order valence-electron chi connectivity index (χ4n) is 2.31. The molecule has 6 heteroatoms. The number of nitrogens with zero attached hydrogens (tertiary/aromatic N) is 3. The van der Waals surface area contributed by atoms with E-state index in [1.165, 1.54) is 10.9 Å². The number of rotatable bonds is 4. The average Bonchev–Trinajstić information content (AvgIpc) is 3.07. The first-order valence-corrected chi connectivity index (χ1v) is 7.10. The highest BCUT2D eigenvalue weighted by molar-refractivity contribution is 5.94. The average molecular weight is 319 g/mol. The maximum atomic E-state index is 11.5. The monoisotopic (exact) mass is 319 g/mol. The largest absolute Gasteiger partial charge is 0.497 e. The topological polar surface area (TPSA) is 88.1 Å². The normalized spacial score (nSPS) is 10.2. The number of hydrogen-bond acceptors (Lipinski definition) is 4. The van der Waals surface area contributed by atoms with Crippen molar-refractivity contribution in [3.63, 3.8) is 0 Å². The SMILES string of the molecule is COc1ccc(-n2cc(C(=O)O)c(-c3ccc(C#N)cc3)n2)cc1. The van der Waals surface area contributed by atoms with Crippen LogP contribution in [0.2, 0.25) is 0 Å². The molecule has 2 aromatic carbocycles. The van der Waals surface area contributed by atoms with Crippen LogP contribution in [0, 0.1) is 11.3 Å². The molecular formula is C18H13N3O3. The second-order valence-electron chi connectivity index (χ2n) is 5.03. The van der Waals surface area contributed by atoms with E-state index < -0.39 is 5.97 Å². The fraction of sp³-hybridized carbons (Fsp3) is 0.0556. The number of methoxy groups -OCH3 is 1. The van der Waals surface area contributed by atoms with Gasteiger partial charge in [-0.05, 0) is 36.4 Å². The molecule has 0 saturated heterocycles. The molecule has 1 aromatic heterocycles. The van der Waals surface area contributed by atoms with Crippen LogP contribution in [0.25, 0.3) is 16.9 Å². The number of carbonyl (C=O) groups is 1. The van der Waals surface area contributed by atoms with E-state index in [0.29, 0.717) is 22.6 Å². The molecule has 3 aromatic rings. The molecule has 0 unspecified atom stereocenters. The minimum absolute atomic E-state index is 0.0931.